The van der Waals surface area contributed by atoms with E-state index in [9.17, 15) is 9.90 Å². The van der Waals surface area contributed by atoms with Crippen molar-refractivity contribution < 1.29 is 9.90 Å². The summed E-state index contributed by atoms with van der Waals surface area (Å²) in [5.74, 6) is 0.478. The van der Waals surface area contributed by atoms with Crippen molar-refractivity contribution in [1.82, 2.24) is 5.32 Å². The fraction of sp³-hybridized carbons (Fsp3) is 0.650. The van der Waals surface area contributed by atoms with Crippen LogP contribution in [0.5, 0.6) is 0 Å². The molecule has 24 heavy (non-hydrogen) atoms. The van der Waals surface area contributed by atoms with Crippen molar-refractivity contribution in [3.8, 4) is 0 Å². The highest BCUT2D eigenvalue weighted by atomic mass is 16.3. The molecule has 0 bridgehead atoms. The fourth-order valence-electron chi connectivity index (χ4n) is 4.52. The number of benzene rings is 1. The van der Waals surface area contributed by atoms with Crippen LogP contribution in [0.25, 0.3) is 0 Å². The molecule has 0 aromatic heterocycles. The van der Waals surface area contributed by atoms with Crippen molar-refractivity contribution in [1.29, 1.82) is 0 Å². The number of amides is 1. The molecule has 0 heterocycles. The van der Waals surface area contributed by atoms with Crippen LogP contribution in [0.1, 0.15) is 51.2 Å². The van der Waals surface area contributed by atoms with Gasteiger partial charge in [-0.3, -0.25) is 4.79 Å². The minimum Gasteiger partial charge on any atom is -0.394 e. The van der Waals surface area contributed by atoms with Crippen LogP contribution in [0.3, 0.4) is 0 Å². The highest BCUT2D eigenvalue weighted by Gasteiger charge is 2.42. The van der Waals surface area contributed by atoms with Crippen LogP contribution >= 0.6 is 0 Å². The molecule has 2 atom stereocenters. The molecule has 134 valence electrons. The van der Waals surface area contributed by atoms with E-state index in [1.165, 1.54) is 0 Å². The van der Waals surface area contributed by atoms with Gasteiger partial charge >= 0.3 is 0 Å². The summed E-state index contributed by atoms with van der Waals surface area (Å²) in [5, 5.41) is 16.4. The Balaban J connectivity index is 2.01. The summed E-state index contributed by atoms with van der Waals surface area (Å²) in [6, 6.07) is 5.98. The number of aliphatic hydroxyl groups excluding tert-OH is 1. The first kappa shape index (κ1) is 18.9. The summed E-state index contributed by atoms with van der Waals surface area (Å²) < 4.78 is 0. The third kappa shape index (κ3) is 4.58. The molecule has 1 aliphatic rings. The number of aliphatic hydroxyl groups is 1. The second-order valence-corrected chi connectivity index (χ2v) is 8.46. The van der Waals surface area contributed by atoms with Crippen LogP contribution in [-0.4, -0.2) is 29.7 Å². The lowest BCUT2D eigenvalue weighted by Gasteiger charge is -2.47. The molecule has 1 aromatic rings. The molecule has 0 spiro atoms. The number of rotatable bonds is 5. The smallest absolute Gasteiger partial charge is 0.238 e. The van der Waals surface area contributed by atoms with Crippen molar-refractivity contribution in [2.45, 2.75) is 59.4 Å². The molecule has 2 rings (SSSR count). The number of hydrogen-bond acceptors (Lipinski definition) is 3. The number of hydrogen-bond donors (Lipinski definition) is 3. The van der Waals surface area contributed by atoms with Crippen molar-refractivity contribution in [3.63, 3.8) is 0 Å². The van der Waals surface area contributed by atoms with Gasteiger partial charge in [0.1, 0.15) is 0 Å². The highest BCUT2D eigenvalue weighted by Crippen LogP contribution is 2.43. The molecule has 1 saturated carbocycles. The van der Waals surface area contributed by atoms with Crippen LogP contribution in [0.15, 0.2) is 18.2 Å². The van der Waals surface area contributed by atoms with Gasteiger partial charge in [0.25, 0.3) is 0 Å². The zero-order chi connectivity index (χ0) is 18.0. The Hall–Kier alpha value is -1.39. The van der Waals surface area contributed by atoms with Gasteiger partial charge in [-0.2, -0.15) is 0 Å². The molecule has 1 amide bonds. The maximum atomic E-state index is 12.4. The average molecular weight is 332 g/mol. The summed E-state index contributed by atoms with van der Waals surface area (Å²) in [4.78, 5) is 12.4. The predicted molar refractivity (Wildman–Crippen MR) is 99.2 cm³/mol. The van der Waals surface area contributed by atoms with E-state index in [-0.39, 0.29) is 30.0 Å². The van der Waals surface area contributed by atoms with Crippen LogP contribution in [0.4, 0.5) is 5.69 Å². The number of nitrogens with one attached hydrogen (secondary N) is 2. The van der Waals surface area contributed by atoms with Crippen LogP contribution in [0.2, 0.25) is 0 Å². The lowest BCUT2D eigenvalue weighted by molar-refractivity contribution is -0.116. The molecule has 4 heteroatoms. The Morgan fingerprint density at radius 1 is 1.25 bits per heavy atom. The summed E-state index contributed by atoms with van der Waals surface area (Å²) in [7, 11) is 0. The molecular weight excluding hydrogens is 300 g/mol. The molecule has 0 saturated heterocycles. The molecule has 1 aliphatic carbocycles. The summed E-state index contributed by atoms with van der Waals surface area (Å²) in [5.41, 5.74) is 2.83. The minimum absolute atomic E-state index is 0.0590. The third-order valence-corrected chi connectivity index (χ3v) is 5.13. The van der Waals surface area contributed by atoms with E-state index in [1.54, 1.807) is 0 Å². The normalized spacial score (nSPS) is 26.2. The lowest BCUT2D eigenvalue weighted by Crippen LogP contribution is -2.56. The van der Waals surface area contributed by atoms with Crippen molar-refractivity contribution >= 4 is 11.6 Å². The van der Waals surface area contributed by atoms with E-state index in [2.05, 4.69) is 31.4 Å². The van der Waals surface area contributed by atoms with Gasteiger partial charge < -0.3 is 15.7 Å². The van der Waals surface area contributed by atoms with E-state index in [4.69, 9.17) is 0 Å². The lowest BCUT2D eigenvalue weighted by atomic mass is 9.64. The zero-order valence-corrected chi connectivity index (χ0v) is 15.7. The second-order valence-electron chi connectivity index (χ2n) is 8.46. The molecule has 3 N–H and O–H groups in total. The Labute approximate surface area is 146 Å². The maximum absolute atomic E-state index is 12.4. The standard InChI is InChI=1S/C20H32N2O2/c1-14-9-19(4,5)12-20(10-14,13-23)21-11-17(24)22-18-15(2)7-6-8-16(18)3/h6-8,14,21,23H,9-13H2,1-5H3,(H,22,24). The van der Waals surface area contributed by atoms with Gasteiger partial charge in [0.15, 0.2) is 0 Å². The predicted octanol–water partition coefficient (Wildman–Crippen LogP) is 3.41. The summed E-state index contributed by atoms with van der Waals surface area (Å²) in [6.07, 6.45) is 2.95. The number of carbonyl (C=O) groups excluding carboxylic acids is 1. The molecule has 0 radical (unpaired) electrons. The SMILES string of the molecule is Cc1cccc(C)c1NC(=O)CNC1(CO)CC(C)CC(C)(C)C1. The Kier molecular flexibility index (Phi) is 5.71. The van der Waals surface area contributed by atoms with E-state index >= 15 is 0 Å². The molecule has 1 aromatic carbocycles. The number of para-hydroxylation sites is 1. The quantitative estimate of drug-likeness (QED) is 0.774. The van der Waals surface area contributed by atoms with Crippen LogP contribution < -0.4 is 10.6 Å². The van der Waals surface area contributed by atoms with E-state index in [1.807, 2.05) is 32.0 Å². The van der Waals surface area contributed by atoms with Gasteiger partial charge in [0.05, 0.1) is 13.2 Å². The largest absolute Gasteiger partial charge is 0.394 e. The molecule has 1 fully saturated rings. The first-order chi connectivity index (χ1) is 11.2. The van der Waals surface area contributed by atoms with Gasteiger partial charge in [0.2, 0.25) is 5.91 Å². The second kappa shape index (κ2) is 7.24. The first-order valence-corrected chi connectivity index (χ1v) is 8.88. The van der Waals surface area contributed by atoms with Crippen LogP contribution in [-0.2, 0) is 4.79 Å². The monoisotopic (exact) mass is 332 g/mol. The Morgan fingerprint density at radius 3 is 2.42 bits per heavy atom. The van der Waals surface area contributed by atoms with E-state index < -0.39 is 0 Å². The summed E-state index contributed by atoms with van der Waals surface area (Å²) >= 11 is 0. The van der Waals surface area contributed by atoms with Crippen molar-refractivity contribution in [2.24, 2.45) is 11.3 Å². The third-order valence-electron chi connectivity index (χ3n) is 5.13. The maximum Gasteiger partial charge on any atom is 0.238 e. The molecule has 0 aliphatic heterocycles. The highest BCUT2D eigenvalue weighted by molar-refractivity contribution is 5.93. The summed E-state index contributed by atoms with van der Waals surface area (Å²) in [6.45, 7) is 11.0. The minimum atomic E-state index is -0.362. The van der Waals surface area contributed by atoms with E-state index in [0.29, 0.717) is 5.92 Å². The van der Waals surface area contributed by atoms with E-state index in [0.717, 1.165) is 36.1 Å². The van der Waals surface area contributed by atoms with Crippen LogP contribution in [0, 0.1) is 25.2 Å². The number of aryl methyl sites for hydroxylation is 2. The fourth-order valence-corrected chi connectivity index (χ4v) is 4.52. The van der Waals surface area contributed by atoms with Gasteiger partial charge in [-0.25, -0.2) is 0 Å². The topological polar surface area (TPSA) is 61.4 Å². The molecule has 2 unspecified atom stereocenters. The Bertz CT molecular complexity index is 577. The number of anilines is 1. The molecular formula is C20H32N2O2. The van der Waals surface area contributed by atoms with Gasteiger partial charge in [-0.1, -0.05) is 39.0 Å². The van der Waals surface area contributed by atoms with Gasteiger partial charge in [0, 0.05) is 11.2 Å². The van der Waals surface area contributed by atoms with Gasteiger partial charge in [-0.05, 0) is 55.6 Å². The first-order valence-electron chi connectivity index (χ1n) is 8.88. The van der Waals surface area contributed by atoms with Crippen molar-refractivity contribution in [2.75, 3.05) is 18.5 Å². The number of carbonyl (C=O) groups is 1. The van der Waals surface area contributed by atoms with Gasteiger partial charge in [-0.15, -0.1) is 0 Å². The Morgan fingerprint density at radius 2 is 1.88 bits per heavy atom. The molecule has 4 nitrogen and oxygen atoms in total. The van der Waals surface area contributed by atoms with Crippen molar-refractivity contribution in [3.05, 3.63) is 29.3 Å². The average Bonchev–Trinajstić information content (AvgIpc) is 2.47. The zero-order valence-electron chi connectivity index (χ0n) is 15.7.